The molecule has 0 bridgehead atoms. The molecule has 0 radical (unpaired) electrons. The van der Waals surface area contributed by atoms with Crippen molar-refractivity contribution in [3.05, 3.63) is 100 Å². The van der Waals surface area contributed by atoms with Crippen molar-refractivity contribution in [2.24, 2.45) is 0 Å². The van der Waals surface area contributed by atoms with Crippen LogP contribution in [0.3, 0.4) is 0 Å². The Morgan fingerprint density at radius 1 is 0.674 bits per heavy atom. The lowest BCUT2D eigenvalue weighted by atomic mass is 10.2. The number of nitrogens with one attached hydrogen (secondary N) is 3. The molecule has 0 fully saturated rings. The van der Waals surface area contributed by atoms with Crippen molar-refractivity contribution in [1.82, 2.24) is 20.2 Å². The quantitative estimate of drug-likeness (QED) is 0.124. The van der Waals surface area contributed by atoms with Crippen molar-refractivity contribution in [3.8, 4) is 5.75 Å². The molecule has 0 spiro atoms. The van der Waals surface area contributed by atoms with Gasteiger partial charge in [-0.3, -0.25) is 19.7 Å². The summed E-state index contributed by atoms with van der Waals surface area (Å²) in [7, 11) is 0. The Labute approximate surface area is 265 Å². The molecule has 5 rings (SSSR count). The fourth-order valence-electron chi connectivity index (χ4n) is 4.67. The Morgan fingerprint density at radius 2 is 1.19 bits per heavy atom. The molecule has 0 aliphatic heterocycles. The Hall–Kier alpha value is -3.82. The van der Waals surface area contributed by atoms with Gasteiger partial charge in [0.2, 0.25) is 0 Å². The van der Waals surface area contributed by atoms with Gasteiger partial charge >= 0.3 is 0 Å². The molecule has 0 aliphatic carbocycles. The number of pyridine rings is 2. The van der Waals surface area contributed by atoms with E-state index in [1.807, 2.05) is 48.5 Å². The number of carbonyl (C=O) groups is 1. The molecule has 3 N–H and O–H groups in total. The van der Waals surface area contributed by atoms with Crippen LogP contribution in [0.4, 0.5) is 11.4 Å². The van der Waals surface area contributed by atoms with Crippen LogP contribution in [0.1, 0.15) is 0 Å². The number of ether oxygens (including phenoxy) is 1. The maximum atomic E-state index is 12.4. The van der Waals surface area contributed by atoms with Gasteiger partial charge in [-0.2, -0.15) is 0 Å². The van der Waals surface area contributed by atoms with Crippen molar-refractivity contribution in [2.75, 3.05) is 56.5 Å². The first kappa shape index (κ1) is 30.6. The summed E-state index contributed by atoms with van der Waals surface area (Å²) in [6.45, 7) is 3.98. The minimum Gasteiger partial charge on any atom is -0.484 e. The highest BCUT2D eigenvalue weighted by molar-refractivity contribution is 6.31. The number of aromatic nitrogens is 2. The number of benzene rings is 3. The molecule has 2 aromatic heterocycles. The van der Waals surface area contributed by atoms with E-state index in [0.29, 0.717) is 47.0 Å². The first-order valence-corrected chi connectivity index (χ1v) is 15.0. The van der Waals surface area contributed by atoms with Crippen molar-refractivity contribution < 1.29 is 9.53 Å². The van der Waals surface area contributed by atoms with Crippen LogP contribution in [0, 0.1) is 0 Å². The molecule has 0 unspecified atom stereocenters. The zero-order valence-electron chi connectivity index (χ0n) is 23.3. The normalized spacial score (nSPS) is 11.2. The molecule has 0 aliphatic rings. The van der Waals surface area contributed by atoms with Gasteiger partial charge < -0.3 is 20.7 Å². The van der Waals surface area contributed by atoms with E-state index in [0.717, 1.165) is 46.3 Å². The van der Waals surface area contributed by atoms with E-state index in [-0.39, 0.29) is 12.5 Å². The fourth-order valence-corrected chi connectivity index (χ4v) is 5.13. The number of fused-ring (bicyclic) bond motifs is 2. The minimum absolute atomic E-state index is 0.0665. The molecule has 222 valence electrons. The molecule has 0 saturated heterocycles. The fraction of sp³-hybridized carbons (Fsp3) is 0.219. The van der Waals surface area contributed by atoms with E-state index in [1.54, 1.807) is 36.7 Å². The smallest absolute Gasteiger partial charge is 0.257 e. The molecular weight excluding hydrogens is 607 g/mol. The molecule has 2 heterocycles. The molecule has 5 aromatic rings. The predicted octanol–water partition coefficient (Wildman–Crippen LogP) is 6.76. The second kappa shape index (κ2) is 15.1. The number of nitrogens with zero attached hydrogens (tertiary/aromatic N) is 3. The van der Waals surface area contributed by atoms with E-state index in [2.05, 4.69) is 30.8 Å². The van der Waals surface area contributed by atoms with Gasteiger partial charge in [-0.05, 0) is 72.8 Å². The average molecular weight is 638 g/mol. The maximum absolute atomic E-state index is 12.4. The molecule has 43 heavy (non-hydrogen) atoms. The summed E-state index contributed by atoms with van der Waals surface area (Å²) in [6.07, 6.45) is 3.55. The number of halogens is 3. The van der Waals surface area contributed by atoms with E-state index in [1.165, 1.54) is 0 Å². The number of amides is 1. The SMILES string of the molecule is O=C(COc1ccc(Cl)cc1)NCCN(CCNc1ccnc2cc(Cl)ccc12)CCNc1ccnc2cc(Cl)ccc12. The zero-order valence-corrected chi connectivity index (χ0v) is 25.6. The van der Waals surface area contributed by atoms with E-state index < -0.39 is 0 Å². The number of hydrogen-bond acceptors (Lipinski definition) is 7. The Kier molecular flexibility index (Phi) is 10.7. The van der Waals surface area contributed by atoms with Crippen LogP contribution in [0.5, 0.6) is 5.75 Å². The van der Waals surface area contributed by atoms with Gasteiger partial charge in [-0.25, -0.2) is 0 Å². The summed E-state index contributed by atoms with van der Waals surface area (Å²) in [5.74, 6) is 0.408. The summed E-state index contributed by atoms with van der Waals surface area (Å²) in [5.41, 5.74) is 3.67. The van der Waals surface area contributed by atoms with E-state index in [4.69, 9.17) is 39.5 Å². The highest BCUT2D eigenvalue weighted by Crippen LogP contribution is 2.25. The number of anilines is 2. The van der Waals surface area contributed by atoms with Crippen molar-refractivity contribution in [1.29, 1.82) is 0 Å². The lowest BCUT2D eigenvalue weighted by Crippen LogP contribution is -2.40. The second-order valence-corrected chi connectivity index (χ2v) is 11.1. The minimum atomic E-state index is -0.185. The van der Waals surface area contributed by atoms with Crippen LogP contribution >= 0.6 is 34.8 Å². The largest absolute Gasteiger partial charge is 0.484 e. The van der Waals surface area contributed by atoms with Crippen LogP contribution in [0.2, 0.25) is 15.1 Å². The monoisotopic (exact) mass is 636 g/mol. The first-order chi connectivity index (χ1) is 20.9. The molecule has 8 nitrogen and oxygen atoms in total. The third-order valence-corrected chi connectivity index (χ3v) is 7.55. The second-order valence-electron chi connectivity index (χ2n) is 9.83. The van der Waals surface area contributed by atoms with Gasteiger partial charge in [0.1, 0.15) is 5.75 Å². The summed E-state index contributed by atoms with van der Waals surface area (Å²) >= 11 is 18.2. The van der Waals surface area contributed by atoms with Crippen molar-refractivity contribution in [3.63, 3.8) is 0 Å². The van der Waals surface area contributed by atoms with Crippen LogP contribution < -0.4 is 20.7 Å². The maximum Gasteiger partial charge on any atom is 0.257 e. The molecule has 3 aromatic carbocycles. The standard InChI is InChI=1S/C32H31Cl3N6O2/c33-22-1-5-25(6-2-22)43-21-32(42)40-15-18-41(16-13-38-28-9-11-36-30-19-23(34)3-7-26(28)30)17-14-39-29-10-12-37-31-20-24(35)4-8-27(29)31/h1-12,19-20H,13-18,21H2,(H,36,38)(H,37,39)(H,40,42). The lowest BCUT2D eigenvalue weighted by Gasteiger charge is -2.24. The number of carbonyl (C=O) groups excluding carboxylic acids is 1. The van der Waals surface area contributed by atoms with Crippen molar-refractivity contribution in [2.45, 2.75) is 0 Å². The summed E-state index contributed by atoms with van der Waals surface area (Å²) in [4.78, 5) is 23.6. The third kappa shape index (κ3) is 8.84. The van der Waals surface area contributed by atoms with E-state index in [9.17, 15) is 4.79 Å². The molecule has 11 heteroatoms. The average Bonchev–Trinajstić information content (AvgIpc) is 3.00. The van der Waals surface area contributed by atoms with Gasteiger partial charge in [0.05, 0.1) is 11.0 Å². The predicted molar refractivity (Wildman–Crippen MR) is 177 cm³/mol. The Morgan fingerprint density at radius 3 is 1.74 bits per heavy atom. The zero-order chi connectivity index (χ0) is 30.0. The van der Waals surface area contributed by atoms with E-state index >= 15 is 0 Å². The van der Waals surface area contributed by atoms with Gasteiger partial charge in [0, 0.05) is 88.9 Å². The topological polar surface area (TPSA) is 91.4 Å². The molecular formula is C32H31Cl3N6O2. The van der Waals surface area contributed by atoms with Crippen LogP contribution in [0.25, 0.3) is 21.8 Å². The Balaban J connectivity index is 1.16. The summed E-state index contributed by atoms with van der Waals surface area (Å²) in [5, 5.41) is 14.0. The number of hydrogen-bond donors (Lipinski definition) is 3. The highest BCUT2D eigenvalue weighted by atomic mass is 35.5. The lowest BCUT2D eigenvalue weighted by molar-refractivity contribution is -0.123. The number of rotatable bonds is 14. The summed E-state index contributed by atoms with van der Waals surface area (Å²) < 4.78 is 5.56. The molecule has 0 saturated carbocycles. The Bertz CT molecular complexity index is 1590. The third-order valence-electron chi connectivity index (χ3n) is 6.83. The van der Waals surface area contributed by atoms with Gasteiger partial charge in [-0.15, -0.1) is 0 Å². The summed E-state index contributed by atoms with van der Waals surface area (Å²) in [6, 6.07) is 22.2. The molecule has 0 atom stereocenters. The van der Waals surface area contributed by atoms with Gasteiger partial charge in [-0.1, -0.05) is 34.8 Å². The molecule has 1 amide bonds. The highest BCUT2D eigenvalue weighted by Gasteiger charge is 2.10. The van der Waals surface area contributed by atoms with Gasteiger partial charge in [0.15, 0.2) is 6.61 Å². The first-order valence-electron chi connectivity index (χ1n) is 13.9. The van der Waals surface area contributed by atoms with Gasteiger partial charge in [0.25, 0.3) is 5.91 Å². The van der Waals surface area contributed by atoms with Crippen LogP contribution in [-0.2, 0) is 4.79 Å². The van der Waals surface area contributed by atoms with Crippen LogP contribution in [-0.4, -0.2) is 66.7 Å². The van der Waals surface area contributed by atoms with Crippen LogP contribution in [0.15, 0.2) is 85.2 Å². The van der Waals surface area contributed by atoms with Crippen molar-refractivity contribution >= 4 is 73.9 Å².